The van der Waals surface area contributed by atoms with E-state index in [0.29, 0.717) is 10.6 Å². The Balaban J connectivity index is 1.81. The van der Waals surface area contributed by atoms with E-state index in [1.54, 1.807) is 16.6 Å². The number of fused-ring (bicyclic) bond motifs is 1. The molecule has 0 amide bonds. The molecule has 0 saturated carbocycles. The van der Waals surface area contributed by atoms with Crippen LogP contribution in [0.3, 0.4) is 0 Å². The van der Waals surface area contributed by atoms with E-state index >= 15 is 0 Å². The van der Waals surface area contributed by atoms with Crippen molar-refractivity contribution in [2.24, 2.45) is 0 Å². The van der Waals surface area contributed by atoms with Crippen molar-refractivity contribution in [3.8, 4) is 10.6 Å². The Morgan fingerprint density at radius 1 is 1.20 bits per heavy atom. The Morgan fingerprint density at radius 2 is 1.96 bits per heavy atom. The molecule has 0 fully saturated rings. The lowest BCUT2D eigenvalue weighted by atomic mass is 10.2. The van der Waals surface area contributed by atoms with Gasteiger partial charge in [0.05, 0.1) is 20.3 Å². The summed E-state index contributed by atoms with van der Waals surface area (Å²) in [5, 5.41) is 15.7. The average molecular weight is 359 g/mol. The maximum Gasteiger partial charge on any atom is 0.354 e. The number of hydrogen-bond donors (Lipinski definition) is 1. The summed E-state index contributed by atoms with van der Waals surface area (Å²) in [5.74, 6) is -1.34. The van der Waals surface area contributed by atoms with Crippen LogP contribution in [0.25, 0.3) is 15.5 Å². The third-order valence-electron chi connectivity index (χ3n) is 3.17. The van der Waals surface area contributed by atoms with Crippen LogP contribution in [0.1, 0.15) is 0 Å². The molecule has 9 nitrogen and oxygen atoms in total. The summed E-state index contributed by atoms with van der Waals surface area (Å²) in [6.45, 7) is 0. The highest BCUT2D eigenvalue weighted by molar-refractivity contribution is 7.19. The molecule has 0 bridgehead atoms. The van der Waals surface area contributed by atoms with Crippen molar-refractivity contribution in [3.05, 3.63) is 42.4 Å². The number of ether oxygens (including phenoxy) is 2. The van der Waals surface area contributed by atoms with Crippen molar-refractivity contribution < 1.29 is 19.1 Å². The highest BCUT2D eigenvalue weighted by atomic mass is 32.1. The standard InChI is InChI=1S/C15H13N5O4S/c1-23-12(21)7-11(14(22)24-2)17-10-5-3-9(4-6-10)13-19-20-8-16-18-15(20)25-13/h3-8,17H,1-2H3/b11-7+. The van der Waals surface area contributed by atoms with Crippen molar-refractivity contribution in [1.82, 2.24) is 19.8 Å². The quantitative estimate of drug-likeness (QED) is 0.539. The second-order valence-corrected chi connectivity index (χ2v) is 5.70. The zero-order valence-corrected chi connectivity index (χ0v) is 14.1. The molecule has 2 aromatic heterocycles. The SMILES string of the molecule is COC(=O)/C=C(/Nc1ccc(-c2nn3cnnc3s2)cc1)C(=O)OC. The van der Waals surface area contributed by atoms with Gasteiger partial charge in [0.1, 0.15) is 17.0 Å². The second-order valence-electron chi connectivity index (χ2n) is 4.74. The predicted molar refractivity (Wildman–Crippen MR) is 89.8 cm³/mol. The molecule has 0 unspecified atom stereocenters. The number of nitrogens with zero attached hydrogens (tertiary/aromatic N) is 4. The Labute approximate surface area is 145 Å². The van der Waals surface area contributed by atoms with Crippen LogP contribution >= 0.6 is 11.3 Å². The predicted octanol–water partition coefficient (Wildman–Crippen LogP) is 1.49. The fourth-order valence-electron chi connectivity index (χ4n) is 1.96. The number of carbonyl (C=O) groups is 2. The third-order valence-corrected chi connectivity index (χ3v) is 4.13. The van der Waals surface area contributed by atoms with Gasteiger partial charge < -0.3 is 14.8 Å². The van der Waals surface area contributed by atoms with Crippen LogP contribution in [-0.2, 0) is 19.1 Å². The van der Waals surface area contributed by atoms with Crippen LogP contribution in [0.15, 0.2) is 42.4 Å². The van der Waals surface area contributed by atoms with Gasteiger partial charge in [-0.2, -0.15) is 9.61 Å². The summed E-state index contributed by atoms with van der Waals surface area (Å²) >= 11 is 1.41. The average Bonchev–Trinajstić information content (AvgIpc) is 3.23. The van der Waals surface area contributed by atoms with Crippen molar-refractivity contribution in [1.29, 1.82) is 0 Å². The van der Waals surface area contributed by atoms with E-state index in [4.69, 9.17) is 0 Å². The van der Waals surface area contributed by atoms with E-state index in [1.165, 1.54) is 31.9 Å². The zero-order valence-electron chi connectivity index (χ0n) is 13.3. The number of nitrogens with one attached hydrogen (secondary N) is 1. The summed E-state index contributed by atoms with van der Waals surface area (Å²) in [6.07, 6.45) is 2.56. The molecule has 0 radical (unpaired) electrons. The van der Waals surface area contributed by atoms with Crippen molar-refractivity contribution in [3.63, 3.8) is 0 Å². The van der Waals surface area contributed by atoms with Gasteiger partial charge in [-0.3, -0.25) is 0 Å². The van der Waals surface area contributed by atoms with E-state index in [1.807, 2.05) is 12.1 Å². The molecule has 1 aromatic carbocycles. The van der Waals surface area contributed by atoms with E-state index in [0.717, 1.165) is 16.6 Å². The van der Waals surface area contributed by atoms with E-state index in [2.05, 4.69) is 30.1 Å². The van der Waals surface area contributed by atoms with Gasteiger partial charge in [0.25, 0.3) is 0 Å². The third kappa shape index (κ3) is 3.63. The molecule has 0 aliphatic heterocycles. The van der Waals surface area contributed by atoms with Crippen LogP contribution in [0.5, 0.6) is 0 Å². The minimum Gasteiger partial charge on any atom is -0.466 e. The molecule has 3 rings (SSSR count). The molecule has 3 aromatic rings. The molecule has 128 valence electrons. The topological polar surface area (TPSA) is 108 Å². The Bertz CT molecular complexity index is 916. The molecule has 2 heterocycles. The molecule has 0 saturated heterocycles. The van der Waals surface area contributed by atoms with Gasteiger partial charge in [0.2, 0.25) is 4.96 Å². The molecule has 0 spiro atoms. The monoisotopic (exact) mass is 359 g/mol. The van der Waals surface area contributed by atoms with Crippen molar-refractivity contribution >= 4 is 33.9 Å². The van der Waals surface area contributed by atoms with Crippen LogP contribution < -0.4 is 5.32 Å². The largest absolute Gasteiger partial charge is 0.466 e. The number of methoxy groups -OCH3 is 2. The summed E-state index contributed by atoms with van der Waals surface area (Å²) in [5.41, 5.74) is 1.46. The number of anilines is 1. The maximum absolute atomic E-state index is 11.7. The van der Waals surface area contributed by atoms with Crippen LogP contribution in [-0.4, -0.2) is 46.0 Å². The van der Waals surface area contributed by atoms with Gasteiger partial charge in [-0.15, -0.1) is 10.2 Å². The summed E-state index contributed by atoms with van der Waals surface area (Å²) in [7, 11) is 2.45. The molecule has 0 atom stereocenters. The lowest BCUT2D eigenvalue weighted by Crippen LogP contribution is -2.15. The molecular formula is C15H13N5O4S. The molecular weight excluding hydrogens is 346 g/mol. The highest BCUT2D eigenvalue weighted by Crippen LogP contribution is 2.26. The number of hydrogen-bond acceptors (Lipinski definition) is 9. The van der Waals surface area contributed by atoms with Gasteiger partial charge in [-0.25, -0.2) is 9.59 Å². The highest BCUT2D eigenvalue weighted by Gasteiger charge is 2.13. The van der Waals surface area contributed by atoms with Crippen molar-refractivity contribution in [2.45, 2.75) is 0 Å². The minimum atomic E-state index is -0.678. The zero-order chi connectivity index (χ0) is 17.8. The lowest BCUT2D eigenvalue weighted by Gasteiger charge is -2.09. The van der Waals surface area contributed by atoms with E-state index in [-0.39, 0.29) is 5.70 Å². The van der Waals surface area contributed by atoms with Gasteiger partial charge >= 0.3 is 11.9 Å². The number of benzene rings is 1. The van der Waals surface area contributed by atoms with Crippen molar-refractivity contribution in [2.75, 3.05) is 19.5 Å². The first-order chi connectivity index (χ1) is 12.1. The van der Waals surface area contributed by atoms with E-state index in [9.17, 15) is 9.59 Å². The van der Waals surface area contributed by atoms with E-state index < -0.39 is 11.9 Å². The number of rotatable bonds is 5. The first-order valence-corrected chi connectivity index (χ1v) is 7.84. The fourth-order valence-corrected chi connectivity index (χ4v) is 2.79. The first-order valence-electron chi connectivity index (χ1n) is 7.03. The smallest absolute Gasteiger partial charge is 0.354 e. The van der Waals surface area contributed by atoms with Gasteiger partial charge in [-0.1, -0.05) is 11.3 Å². The number of esters is 2. The first kappa shape index (κ1) is 16.6. The summed E-state index contributed by atoms with van der Waals surface area (Å²) in [6, 6.07) is 7.18. The maximum atomic E-state index is 11.7. The Morgan fingerprint density at radius 3 is 2.60 bits per heavy atom. The second kappa shape index (κ2) is 7.09. The number of aromatic nitrogens is 4. The Hall–Kier alpha value is -3.27. The molecule has 0 aliphatic rings. The molecule has 10 heteroatoms. The molecule has 0 aliphatic carbocycles. The van der Waals surface area contributed by atoms with Gasteiger partial charge in [0.15, 0.2) is 0 Å². The number of carbonyl (C=O) groups excluding carboxylic acids is 2. The van der Waals surface area contributed by atoms with Crippen LogP contribution in [0, 0.1) is 0 Å². The lowest BCUT2D eigenvalue weighted by molar-refractivity contribution is -0.138. The van der Waals surface area contributed by atoms with Gasteiger partial charge in [-0.05, 0) is 24.3 Å². The Kier molecular flexibility index (Phi) is 4.70. The normalized spacial score (nSPS) is 11.4. The van der Waals surface area contributed by atoms with Crippen LogP contribution in [0.4, 0.5) is 5.69 Å². The molecule has 25 heavy (non-hydrogen) atoms. The summed E-state index contributed by atoms with van der Waals surface area (Å²) in [4.78, 5) is 23.8. The summed E-state index contributed by atoms with van der Waals surface area (Å²) < 4.78 is 10.8. The molecule has 1 N–H and O–H groups in total. The minimum absolute atomic E-state index is 0.0270. The van der Waals surface area contributed by atoms with Crippen LogP contribution in [0.2, 0.25) is 0 Å². The van der Waals surface area contributed by atoms with Gasteiger partial charge in [0, 0.05) is 11.3 Å². The fraction of sp³-hybridized carbons (Fsp3) is 0.133.